The number of carbonyl (C=O) groups excluding carboxylic acids is 3. The van der Waals surface area contributed by atoms with Crippen LogP contribution in [0.25, 0.3) is 0 Å². The van der Waals surface area contributed by atoms with Crippen molar-refractivity contribution < 1.29 is 19.1 Å². The summed E-state index contributed by atoms with van der Waals surface area (Å²) in [6, 6.07) is 18.2. The van der Waals surface area contributed by atoms with E-state index in [2.05, 4.69) is 5.32 Å². The standard InChI is InChI=1S/C23H23NO4/c25-19(24-18-9-5-2-6-10-18)14-28-23(27)21-17-12-11-16(13-17)20(21)22(26)15-7-3-1-4-8-15/h1-10,16-17,20-21H,11-14H2,(H,24,25)/t16-,17-,20-,21-/m0/s1. The molecule has 5 heteroatoms. The molecule has 1 N–H and O–H groups in total. The van der Waals surface area contributed by atoms with Gasteiger partial charge in [0.05, 0.1) is 5.92 Å². The SMILES string of the molecule is O=C(COC(=O)[C@H]1[C@H]2CC[C@@H](C2)[C@@H]1C(=O)c1ccccc1)Nc1ccccc1. The van der Waals surface area contributed by atoms with Gasteiger partial charge in [-0.3, -0.25) is 14.4 Å². The maximum Gasteiger partial charge on any atom is 0.310 e. The fourth-order valence-corrected chi connectivity index (χ4v) is 4.75. The van der Waals surface area contributed by atoms with E-state index in [0.717, 1.165) is 19.3 Å². The van der Waals surface area contributed by atoms with Crippen molar-refractivity contribution in [1.29, 1.82) is 0 Å². The summed E-state index contributed by atoms with van der Waals surface area (Å²) in [4.78, 5) is 37.9. The third-order valence-electron chi connectivity index (χ3n) is 5.95. The number of hydrogen-bond donors (Lipinski definition) is 1. The maximum atomic E-state index is 13.0. The molecule has 2 aromatic rings. The number of amides is 1. The van der Waals surface area contributed by atoms with Gasteiger partial charge in [0, 0.05) is 17.2 Å². The second-order valence-corrected chi connectivity index (χ2v) is 7.64. The predicted molar refractivity (Wildman–Crippen MR) is 105 cm³/mol. The average Bonchev–Trinajstić information content (AvgIpc) is 3.34. The van der Waals surface area contributed by atoms with Crippen molar-refractivity contribution >= 4 is 23.3 Å². The molecule has 0 saturated heterocycles. The minimum absolute atomic E-state index is 0.0171. The monoisotopic (exact) mass is 377 g/mol. The number of ketones is 1. The minimum Gasteiger partial charge on any atom is -0.455 e. The van der Waals surface area contributed by atoms with E-state index < -0.39 is 11.9 Å². The zero-order valence-electron chi connectivity index (χ0n) is 15.5. The molecule has 2 aliphatic carbocycles. The fraction of sp³-hybridized carbons (Fsp3) is 0.348. The van der Waals surface area contributed by atoms with Gasteiger partial charge in [-0.2, -0.15) is 0 Å². The zero-order chi connectivity index (χ0) is 19.5. The van der Waals surface area contributed by atoms with E-state index >= 15 is 0 Å². The van der Waals surface area contributed by atoms with Crippen molar-refractivity contribution in [1.82, 2.24) is 0 Å². The fourth-order valence-electron chi connectivity index (χ4n) is 4.75. The Morgan fingerprint density at radius 1 is 0.857 bits per heavy atom. The molecular weight excluding hydrogens is 354 g/mol. The lowest BCUT2D eigenvalue weighted by Crippen LogP contribution is -2.37. The van der Waals surface area contributed by atoms with E-state index in [1.54, 1.807) is 24.3 Å². The Morgan fingerprint density at radius 2 is 1.46 bits per heavy atom. The van der Waals surface area contributed by atoms with Crippen molar-refractivity contribution in [3.05, 3.63) is 66.2 Å². The maximum absolute atomic E-state index is 13.0. The van der Waals surface area contributed by atoms with Crippen LogP contribution in [0.15, 0.2) is 60.7 Å². The van der Waals surface area contributed by atoms with Crippen LogP contribution in [0.5, 0.6) is 0 Å². The van der Waals surface area contributed by atoms with E-state index in [-0.39, 0.29) is 36.1 Å². The molecule has 0 radical (unpaired) electrons. The van der Waals surface area contributed by atoms with Crippen LogP contribution in [0.1, 0.15) is 29.6 Å². The molecule has 0 aromatic heterocycles. The number of fused-ring (bicyclic) bond motifs is 2. The molecule has 5 nitrogen and oxygen atoms in total. The number of rotatable bonds is 6. The Labute approximate surface area is 164 Å². The van der Waals surface area contributed by atoms with Crippen LogP contribution < -0.4 is 5.32 Å². The molecule has 1 amide bonds. The van der Waals surface area contributed by atoms with Crippen molar-refractivity contribution in [3.8, 4) is 0 Å². The number of ether oxygens (including phenoxy) is 1. The Bertz CT molecular complexity index is 865. The molecule has 4 atom stereocenters. The van der Waals surface area contributed by atoms with Crippen LogP contribution in [0.2, 0.25) is 0 Å². The smallest absolute Gasteiger partial charge is 0.310 e. The van der Waals surface area contributed by atoms with Gasteiger partial charge in [-0.1, -0.05) is 48.5 Å². The number of para-hydroxylation sites is 1. The summed E-state index contributed by atoms with van der Waals surface area (Å²) in [6.45, 7) is -0.339. The van der Waals surface area contributed by atoms with Gasteiger partial charge < -0.3 is 10.1 Å². The quantitative estimate of drug-likeness (QED) is 0.615. The van der Waals surface area contributed by atoms with Gasteiger partial charge in [-0.25, -0.2) is 0 Å². The molecule has 2 aromatic carbocycles. The summed E-state index contributed by atoms with van der Waals surface area (Å²) in [7, 11) is 0. The van der Waals surface area contributed by atoms with Crippen LogP contribution in [0.3, 0.4) is 0 Å². The topological polar surface area (TPSA) is 72.5 Å². The Morgan fingerprint density at radius 3 is 2.14 bits per heavy atom. The van der Waals surface area contributed by atoms with Crippen molar-refractivity contribution in [2.75, 3.05) is 11.9 Å². The summed E-state index contributed by atoms with van der Waals surface area (Å²) in [5.74, 6) is -1.18. The van der Waals surface area contributed by atoms with Crippen molar-refractivity contribution in [3.63, 3.8) is 0 Å². The third kappa shape index (κ3) is 3.70. The molecule has 28 heavy (non-hydrogen) atoms. The molecule has 4 rings (SSSR count). The molecule has 0 unspecified atom stereocenters. The van der Waals surface area contributed by atoms with Gasteiger partial charge in [0.1, 0.15) is 0 Å². The molecular formula is C23H23NO4. The molecule has 0 aliphatic heterocycles. The Balaban J connectivity index is 1.41. The Kier molecular flexibility index (Phi) is 5.24. The highest BCUT2D eigenvalue weighted by atomic mass is 16.5. The van der Waals surface area contributed by atoms with Gasteiger partial charge >= 0.3 is 5.97 Å². The summed E-state index contributed by atoms with van der Waals surface area (Å²) >= 11 is 0. The van der Waals surface area contributed by atoms with Crippen molar-refractivity contribution in [2.24, 2.45) is 23.7 Å². The summed E-state index contributed by atoms with van der Waals surface area (Å²) in [5.41, 5.74) is 1.29. The second-order valence-electron chi connectivity index (χ2n) is 7.64. The zero-order valence-corrected chi connectivity index (χ0v) is 15.5. The van der Waals surface area contributed by atoms with Crippen LogP contribution in [-0.4, -0.2) is 24.3 Å². The van der Waals surface area contributed by atoms with E-state index in [0.29, 0.717) is 11.3 Å². The lowest BCUT2D eigenvalue weighted by atomic mass is 9.75. The highest BCUT2D eigenvalue weighted by molar-refractivity contribution is 6.01. The van der Waals surface area contributed by atoms with E-state index in [1.807, 2.05) is 36.4 Å². The lowest BCUT2D eigenvalue weighted by molar-refractivity contribution is -0.154. The van der Waals surface area contributed by atoms with Gasteiger partial charge in [0.2, 0.25) is 0 Å². The first-order valence-electron chi connectivity index (χ1n) is 9.74. The average molecular weight is 377 g/mol. The lowest BCUT2D eigenvalue weighted by Gasteiger charge is -2.28. The highest BCUT2D eigenvalue weighted by Gasteiger charge is 2.54. The van der Waals surface area contributed by atoms with Crippen LogP contribution >= 0.6 is 0 Å². The predicted octanol–water partition coefficient (Wildman–Crippen LogP) is 3.71. The summed E-state index contributed by atoms with van der Waals surface area (Å²) in [5, 5.41) is 2.70. The van der Waals surface area contributed by atoms with Gasteiger partial charge in [0.15, 0.2) is 12.4 Å². The van der Waals surface area contributed by atoms with Crippen LogP contribution in [0.4, 0.5) is 5.69 Å². The number of anilines is 1. The van der Waals surface area contributed by atoms with Crippen molar-refractivity contribution in [2.45, 2.75) is 19.3 Å². The first kappa shape index (κ1) is 18.4. The third-order valence-corrected chi connectivity index (χ3v) is 5.95. The molecule has 2 bridgehead atoms. The largest absolute Gasteiger partial charge is 0.455 e. The first-order chi connectivity index (χ1) is 13.6. The van der Waals surface area contributed by atoms with Gasteiger partial charge in [-0.15, -0.1) is 0 Å². The van der Waals surface area contributed by atoms with Gasteiger partial charge in [-0.05, 0) is 43.2 Å². The number of benzene rings is 2. The minimum atomic E-state index is -0.448. The number of nitrogens with one attached hydrogen (secondary N) is 1. The summed E-state index contributed by atoms with van der Waals surface area (Å²) in [6.07, 6.45) is 2.81. The highest BCUT2D eigenvalue weighted by Crippen LogP contribution is 2.53. The van der Waals surface area contributed by atoms with E-state index in [9.17, 15) is 14.4 Å². The number of hydrogen-bond acceptors (Lipinski definition) is 4. The summed E-state index contributed by atoms with van der Waals surface area (Å²) < 4.78 is 5.33. The second kappa shape index (κ2) is 7.97. The molecule has 144 valence electrons. The van der Waals surface area contributed by atoms with Gasteiger partial charge in [0.25, 0.3) is 5.91 Å². The molecule has 2 aliphatic rings. The van der Waals surface area contributed by atoms with E-state index in [4.69, 9.17) is 4.74 Å². The molecule has 2 saturated carbocycles. The van der Waals surface area contributed by atoms with Crippen LogP contribution in [0, 0.1) is 23.7 Å². The number of carbonyl (C=O) groups is 3. The number of Topliss-reactive ketones (excluding diaryl/α,β-unsaturated/α-hetero) is 1. The van der Waals surface area contributed by atoms with E-state index in [1.165, 1.54) is 0 Å². The molecule has 2 fully saturated rings. The number of esters is 1. The Hall–Kier alpha value is -2.95. The molecule has 0 spiro atoms. The first-order valence-corrected chi connectivity index (χ1v) is 9.74. The molecule has 0 heterocycles. The van der Waals surface area contributed by atoms with Crippen LogP contribution in [-0.2, 0) is 14.3 Å². The normalized spacial score (nSPS) is 25.3.